The van der Waals surface area contributed by atoms with Crippen LogP contribution in [0.3, 0.4) is 0 Å². The lowest BCUT2D eigenvalue weighted by Crippen LogP contribution is -2.11. The van der Waals surface area contributed by atoms with Crippen molar-refractivity contribution < 1.29 is 0 Å². The van der Waals surface area contributed by atoms with Crippen LogP contribution in [0.25, 0.3) is 0 Å². The van der Waals surface area contributed by atoms with E-state index in [0.29, 0.717) is 0 Å². The molecule has 0 amide bonds. The molecule has 1 aromatic carbocycles. The molecule has 1 atom stereocenters. The molecule has 0 saturated carbocycles. The average molecular weight is 189 g/mol. The second-order valence-corrected chi connectivity index (χ2v) is 3.83. The van der Waals surface area contributed by atoms with Gasteiger partial charge in [-0.3, -0.25) is 0 Å². The molecule has 0 saturated heterocycles. The van der Waals surface area contributed by atoms with Gasteiger partial charge in [-0.2, -0.15) is 0 Å². The van der Waals surface area contributed by atoms with Gasteiger partial charge >= 0.3 is 0 Å². The third-order valence-corrected chi connectivity index (χ3v) is 2.51. The van der Waals surface area contributed by atoms with E-state index >= 15 is 0 Å². The molecule has 0 aliphatic rings. The molecule has 76 valence electrons. The summed E-state index contributed by atoms with van der Waals surface area (Å²) in [5.41, 5.74) is 9.93. The quantitative estimate of drug-likeness (QED) is 0.723. The van der Waals surface area contributed by atoms with Crippen molar-refractivity contribution in [3.05, 3.63) is 47.5 Å². The van der Waals surface area contributed by atoms with Gasteiger partial charge in [0.25, 0.3) is 0 Å². The molecule has 0 aliphatic carbocycles. The van der Waals surface area contributed by atoms with Crippen molar-refractivity contribution in [1.82, 2.24) is 0 Å². The molecule has 0 spiro atoms. The van der Waals surface area contributed by atoms with Crippen LogP contribution in [-0.4, -0.2) is 0 Å². The van der Waals surface area contributed by atoms with Crippen molar-refractivity contribution in [2.45, 2.75) is 32.7 Å². The fourth-order valence-corrected chi connectivity index (χ4v) is 1.69. The third kappa shape index (κ3) is 2.71. The maximum Gasteiger partial charge on any atom is 0.0300 e. The minimum atomic E-state index is 0.147. The molecule has 1 rings (SSSR count). The highest BCUT2D eigenvalue weighted by atomic mass is 14.6. The van der Waals surface area contributed by atoms with Crippen LogP contribution < -0.4 is 5.73 Å². The lowest BCUT2D eigenvalue weighted by molar-refractivity contribution is 0.657. The van der Waals surface area contributed by atoms with E-state index in [4.69, 9.17) is 5.73 Å². The van der Waals surface area contributed by atoms with Crippen molar-refractivity contribution >= 4 is 0 Å². The Morgan fingerprint density at radius 2 is 2.14 bits per heavy atom. The molecule has 1 heteroatoms. The molecule has 14 heavy (non-hydrogen) atoms. The molecule has 0 bridgehead atoms. The van der Waals surface area contributed by atoms with E-state index in [-0.39, 0.29) is 6.04 Å². The number of hydrogen-bond donors (Lipinski definition) is 1. The van der Waals surface area contributed by atoms with Gasteiger partial charge in [0, 0.05) is 6.04 Å². The first-order valence-corrected chi connectivity index (χ1v) is 5.08. The van der Waals surface area contributed by atoms with E-state index in [9.17, 15) is 0 Å². The fourth-order valence-electron chi connectivity index (χ4n) is 1.69. The molecule has 2 N–H and O–H groups in total. The van der Waals surface area contributed by atoms with Crippen LogP contribution in [0.15, 0.2) is 30.9 Å². The van der Waals surface area contributed by atoms with Gasteiger partial charge in [-0.25, -0.2) is 0 Å². The number of benzene rings is 1. The van der Waals surface area contributed by atoms with Crippen LogP contribution in [0.5, 0.6) is 0 Å². The topological polar surface area (TPSA) is 26.0 Å². The van der Waals surface area contributed by atoms with Crippen molar-refractivity contribution in [3.8, 4) is 0 Å². The van der Waals surface area contributed by atoms with Crippen LogP contribution in [0.1, 0.15) is 35.6 Å². The molecular formula is C13H19N. The lowest BCUT2D eigenvalue weighted by atomic mass is 9.97. The predicted octanol–water partition coefficient (Wildman–Crippen LogP) is 3.27. The normalized spacial score (nSPS) is 12.5. The monoisotopic (exact) mass is 189 g/mol. The first-order valence-electron chi connectivity index (χ1n) is 5.08. The van der Waals surface area contributed by atoms with Crippen molar-refractivity contribution in [3.63, 3.8) is 0 Å². The Balaban J connectivity index is 2.78. The first-order chi connectivity index (χ1) is 6.65. The van der Waals surface area contributed by atoms with Gasteiger partial charge in [0.15, 0.2) is 0 Å². The summed E-state index contributed by atoms with van der Waals surface area (Å²) in [5, 5.41) is 0. The molecule has 1 aromatic rings. The molecule has 0 aromatic heterocycles. The Morgan fingerprint density at radius 1 is 1.43 bits per heavy atom. The van der Waals surface area contributed by atoms with Gasteiger partial charge < -0.3 is 5.73 Å². The summed E-state index contributed by atoms with van der Waals surface area (Å²) in [7, 11) is 0. The van der Waals surface area contributed by atoms with Crippen LogP contribution in [0.4, 0.5) is 0 Å². The number of rotatable bonds is 4. The highest BCUT2D eigenvalue weighted by molar-refractivity contribution is 5.32. The minimum Gasteiger partial charge on any atom is -0.324 e. The summed E-state index contributed by atoms with van der Waals surface area (Å²) >= 11 is 0. The van der Waals surface area contributed by atoms with E-state index < -0.39 is 0 Å². The fraction of sp³-hybridized carbons (Fsp3) is 0.385. The van der Waals surface area contributed by atoms with E-state index in [2.05, 4.69) is 38.6 Å². The number of hydrogen-bond acceptors (Lipinski definition) is 1. The summed E-state index contributed by atoms with van der Waals surface area (Å²) in [5.74, 6) is 0. The molecule has 0 heterocycles. The summed E-state index contributed by atoms with van der Waals surface area (Å²) in [6, 6.07) is 6.59. The number of aryl methyl sites for hydroxylation is 2. The maximum atomic E-state index is 6.08. The Kier molecular flexibility index (Phi) is 3.90. The lowest BCUT2D eigenvalue weighted by Gasteiger charge is -2.14. The highest BCUT2D eigenvalue weighted by Crippen LogP contribution is 2.20. The highest BCUT2D eigenvalue weighted by Gasteiger charge is 2.07. The van der Waals surface area contributed by atoms with E-state index in [1.807, 2.05) is 6.08 Å². The standard InChI is InChI=1S/C13H19N/c1-4-5-6-13(14)12-8-7-10(2)9-11(12)3/h4,7-9,13H,1,5-6,14H2,2-3H3/t13-/m0/s1. The molecule has 0 unspecified atom stereocenters. The second-order valence-electron chi connectivity index (χ2n) is 3.83. The largest absolute Gasteiger partial charge is 0.324 e. The maximum absolute atomic E-state index is 6.08. The molecule has 0 radical (unpaired) electrons. The Labute approximate surface area is 86.6 Å². The van der Waals surface area contributed by atoms with Gasteiger partial charge in [0.1, 0.15) is 0 Å². The van der Waals surface area contributed by atoms with Crippen LogP contribution in [-0.2, 0) is 0 Å². The molecule has 0 fully saturated rings. The zero-order valence-corrected chi connectivity index (χ0v) is 9.09. The number of allylic oxidation sites excluding steroid dienone is 1. The molecular weight excluding hydrogens is 170 g/mol. The van der Waals surface area contributed by atoms with Gasteiger partial charge in [0.2, 0.25) is 0 Å². The van der Waals surface area contributed by atoms with Crippen molar-refractivity contribution in [1.29, 1.82) is 0 Å². The Morgan fingerprint density at radius 3 is 2.71 bits per heavy atom. The van der Waals surface area contributed by atoms with E-state index in [1.165, 1.54) is 16.7 Å². The summed E-state index contributed by atoms with van der Waals surface area (Å²) in [6.45, 7) is 7.93. The van der Waals surface area contributed by atoms with E-state index in [1.54, 1.807) is 0 Å². The van der Waals surface area contributed by atoms with Crippen LogP contribution in [0, 0.1) is 13.8 Å². The Bertz CT molecular complexity index is 315. The third-order valence-electron chi connectivity index (χ3n) is 2.51. The first kappa shape index (κ1) is 11.0. The smallest absolute Gasteiger partial charge is 0.0300 e. The summed E-state index contributed by atoms with van der Waals surface area (Å²) < 4.78 is 0. The SMILES string of the molecule is C=CCC[C@H](N)c1ccc(C)cc1C. The van der Waals surface area contributed by atoms with Crippen molar-refractivity contribution in [2.75, 3.05) is 0 Å². The summed E-state index contributed by atoms with van der Waals surface area (Å²) in [6.07, 6.45) is 3.88. The van der Waals surface area contributed by atoms with E-state index in [0.717, 1.165) is 12.8 Å². The van der Waals surface area contributed by atoms with Crippen LogP contribution in [0.2, 0.25) is 0 Å². The summed E-state index contributed by atoms with van der Waals surface area (Å²) in [4.78, 5) is 0. The number of nitrogens with two attached hydrogens (primary N) is 1. The second kappa shape index (κ2) is 4.97. The zero-order valence-electron chi connectivity index (χ0n) is 9.09. The van der Waals surface area contributed by atoms with Gasteiger partial charge in [-0.05, 0) is 37.8 Å². The zero-order chi connectivity index (χ0) is 10.6. The van der Waals surface area contributed by atoms with Gasteiger partial charge in [-0.1, -0.05) is 29.8 Å². The molecule has 1 nitrogen and oxygen atoms in total. The minimum absolute atomic E-state index is 0.147. The van der Waals surface area contributed by atoms with Gasteiger partial charge in [0.05, 0.1) is 0 Å². The van der Waals surface area contributed by atoms with Crippen LogP contribution >= 0.6 is 0 Å². The van der Waals surface area contributed by atoms with Gasteiger partial charge in [-0.15, -0.1) is 6.58 Å². The Hall–Kier alpha value is -1.08. The molecule has 0 aliphatic heterocycles. The van der Waals surface area contributed by atoms with Crippen molar-refractivity contribution in [2.24, 2.45) is 5.73 Å². The average Bonchev–Trinajstić information content (AvgIpc) is 2.14. The predicted molar refractivity (Wildman–Crippen MR) is 62.3 cm³/mol.